The number of phenolic OH excluding ortho intramolecular Hbond substituents is 2. The molecule has 0 unspecified atom stereocenters. The number of ketones is 1. The van der Waals surface area contributed by atoms with Gasteiger partial charge in [0.15, 0.2) is 28.8 Å². The minimum absolute atomic E-state index is 0.101. The van der Waals surface area contributed by atoms with Gasteiger partial charge in [-0.05, 0) is 67.2 Å². The fourth-order valence-corrected chi connectivity index (χ4v) is 2.77. The first-order chi connectivity index (χ1) is 13.0. The molecule has 0 aliphatic heterocycles. The van der Waals surface area contributed by atoms with Crippen molar-refractivity contribution in [2.45, 2.75) is 32.1 Å². The molecule has 0 aliphatic carbocycles. The number of aromatic hydroxyl groups is 2. The van der Waals surface area contributed by atoms with Gasteiger partial charge >= 0.3 is 0 Å². The summed E-state index contributed by atoms with van der Waals surface area (Å²) in [5.41, 5.74) is 2.07. The second kappa shape index (κ2) is 10.3. The lowest BCUT2D eigenvalue weighted by molar-refractivity contribution is -0.114. The van der Waals surface area contributed by atoms with Crippen molar-refractivity contribution >= 4 is 5.78 Å². The molecule has 0 saturated carbocycles. The maximum Gasteiger partial charge on any atom is 0.160 e. The van der Waals surface area contributed by atoms with Crippen LogP contribution in [0.15, 0.2) is 48.6 Å². The van der Waals surface area contributed by atoms with Crippen LogP contribution in [-0.2, 0) is 17.6 Å². The van der Waals surface area contributed by atoms with E-state index in [1.807, 2.05) is 18.2 Å². The number of benzene rings is 2. The molecular weight excluding hydrogens is 344 g/mol. The number of carbonyl (C=O) groups excluding carboxylic acids is 1. The van der Waals surface area contributed by atoms with Crippen molar-refractivity contribution in [2.24, 2.45) is 0 Å². The third kappa shape index (κ3) is 6.37. The summed E-state index contributed by atoms with van der Waals surface area (Å²) in [6.45, 7) is 0. The number of hydrogen-bond donors (Lipinski definition) is 2. The average molecular weight is 370 g/mol. The zero-order valence-corrected chi connectivity index (χ0v) is 15.8. The molecule has 0 radical (unpaired) electrons. The first kappa shape index (κ1) is 20.4. The molecule has 5 nitrogen and oxygen atoms in total. The van der Waals surface area contributed by atoms with Gasteiger partial charge in [0, 0.05) is 6.42 Å². The molecule has 0 aromatic heterocycles. The molecule has 5 heteroatoms. The van der Waals surface area contributed by atoms with Crippen LogP contribution in [0.1, 0.15) is 30.4 Å². The number of hydrogen-bond acceptors (Lipinski definition) is 5. The highest BCUT2D eigenvalue weighted by Gasteiger charge is 2.04. The Hall–Kier alpha value is -2.95. The van der Waals surface area contributed by atoms with Gasteiger partial charge in [0.25, 0.3) is 0 Å². The van der Waals surface area contributed by atoms with E-state index in [0.717, 1.165) is 36.8 Å². The van der Waals surface area contributed by atoms with Gasteiger partial charge < -0.3 is 19.7 Å². The van der Waals surface area contributed by atoms with E-state index in [4.69, 9.17) is 9.47 Å². The molecule has 0 spiro atoms. The molecule has 0 atom stereocenters. The van der Waals surface area contributed by atoms with E-state index in [1.165, 1.54) is 14.2 Å². The molecule has 0 saturated heterocycles. The van der Waals surface area contributed by atoms with Gasteiger partial charge in [0.1, 0.15) is 0 Å². The highest BCUT2D eigenvalue weighted by molar-refractivity contribution is 5.89. The number of allylic oxidation sites excluding steroid dienone is 2. The van der Waals surface area contributed by atoms with Crippen LogP contribution in [0.25, 0.3) is 0 Å². The second-order valence-corrected chi connectivity index (χ2v) is 6.27. The predicted molar refractivity (Wildman–Crippen MR) is 105 cm³/mol. The van der Waals surface area contributed by atoms with Gasteiger partial charge in [-0.15, -0.1) is 0 Å². The van der Waals surface area contributed by atoms with Crippen LogP contribution in [0.3, 0.4) is 0 Å². The monoisotopic (exact) mass is 370 g/mol. The van der Waals surface area contributed by atoms with E-state index in [9.17, 15) is 15.0 Å². The summed E-state index contributed by atoms with van der Waals surface area (Å²) in [6, 6.07) is 10.5. The van der Waals surface area contributed by atoms with Gasteiger partial charge in [0.2, 0.25) is 0 Å². The van der Waals surface area contributed by atoms with E-state index in [2.05, 4.69) is 0 Å². The van der Waals surface area contributed by atoms with Crippen LogP contribution in [-0.4, -0.2) is 30.2 Å². The number of aryl methyl sites for hydroxylation is 2. The summed E-state index contributed by atoms with van der Waals surface area (Å²) >= 11 is 0. The minimum Gasteiger partial charge on any atom is -0.504 e. The summed E-state index contributed by atoms with van der Waals surface area (Å²) in [7, 11) is 3.03. The maximum atomic E-state index is 12.0. The quantitative estimate of drug-likeness (QED) is 0.613. The van der Waals surface area contributed by atoms with Crippen molar-refractivity contribution in [3.05, 3.63) is 59.7 Å². The number of methoxy groups -OCH3 is 2. The molecule has 2 rings (SSSR count). The van der Waals surface area contributed by atoms with Crippen LogP contribution in [0.2, 0.25) is 0 Å². The summed E-state index contributed by atoms with van der Waals surface area (Å²) in [5.74, 6) is 1.25. The van der Waals surface area contributed by atoms with Crippen LogP contribution >= 0.6 is 0 Å². The second-order valence-electron chi connectivity index (χ2n) is 6.27. The van der Waals surface area contributed by atoms with Crippen LogP contribution in [0, 0.1) is 0 Å². The van der Waals surface area contributed by atoms with Gasteiger partial charge in [-0.25, -0.2) is 0 Å². The highest BCUT2D eigenvalue weighted by Crippen LogP contribution is 2.27. The maximum absolute atomic E-state index is 12.0. The fraction of sp³-hybridized carbons (Fsp3) is 0.318. The van der Waals surface area contributed by atoms with E-state index >= 15 is 0 Å². The van der Waals surface area contributed by atoms with Crippen molar-refractivity contribution in [3.63, 3.8) is 0 Å². The Morgan fingerprint density at radius 2 is 1.48 bits per heavy atom. The number of ether oxygens (including phenoxy) is 2. The van der Waals surface area contributed by atoms with Crippen molar-refractivity contribution in [1.82, 2.24) is 0 Å². The molecular formula is C22H26O5. The van der Waals surface area contributed by atoms with Gasteiger partial charge in [-0.3, -0.25) is 4.79 Å². The lowest BCUT2D eigenvalue weighted by Crippen LogP contribution is -1.95. The topological polar surface area (TPSA) is 76.0 Å². The summed E-state index contributed by atoms with van der Waals surface area (Å²) in [4.78, 5) is 12.0. The molecule has 0 bridgehead atoms. The lowest BCUT2D eigenvalue weighted by Gasteiger charge is -2.06. The van der Waals surface area contributed by atoms with Gasteiger partial charge in [-0.1, -0.05) is 18.2 Å². The molecule has 2 aromatic rings. The minimum atomic E-state index is 0.101. The van der Waals surface area contributed by atoms with E-state index < -0.39 is 0 Å². The zero-order valence-electron chi connectivity index (χ0n) is 15.8. The lowest BCUT2D eigenvalue weighted by atomic mass is 10.0. The Balaban J connectivity index is 1.72. The molecule has 2 N–H and O–H groups in total. The molecule has 0 amide bonds. The van der Waals surface area contributed by atoms with Crippen molar-refractivity contribution in [3.8, 4) is 23.0 Å². The van der Waals surface area contributed by atoms with E-state index in [0.29, 0.717) is 17.9 Å². The number of phenols is 2. The Morgan fingerprint density at radius 1 is 0.926 bits per heavy atom. The Morgan fingerprint density at radius 3 is 2.04 bits per heavy atom. The molecule has 144 valence electrons. The van der Waals surface area contributed by atoms with Gasteiger partial charge in [0.05, 0.1) is 14.2 Å². The van der Waals surface area contributed by atoms with Crippen LogP contribution in [0.5, 0.6) is 23.0 Å². The number of carbonyl (C=O) groups is 1. The van der Waals surface area contributed by atoms with Crippen molar-refractivity contribution in [1.29, 1.82) is 0 Å². The molecule has 0 fully saturated rings. The Bertz CT molecular complexity index is 795. The largest absolute Gasteiger partial charge is 0.504 e. The fourth-order valence-electron chi connectivity index (χ4n) is 2.77. The first-order valence-corrected chi connectivity index (χ1v) is 8.94. The van der Waals surface area contributed by atoms with E-state index in [-0.39, 0.29) is 17.3 Å². The SMILES string of the molecule is COc1cc(CC/C=C/C(=O)CCCc2ccc(O)c(OC)c2)ccc1O. The van der Waals surface area contributed by atoms with E-state index in [1.54, 1.807) is 30.3 Å². The number of rotatable bonds is 10. The van der Waals surface area contributed by atoms with Gasteiger partial charge in [-0.2, -0.15) is 0 Å². The predicted octanol–water partition coefficient (Wildman–Crippen LogP) is 4.20. The average Bonchev–Trinajstić information content (AvgIpc) is 2.67. The summed E-state index contributed by atoms with van der Waals surface area (Å²) < 4.78 is 10.2. The third-order valence-corrected chi connectivity index (χ3v) is 4.28. The normalized spacial score (nSPS) is 10.9. The molecule has 0 aliphatic rings. The van der Waals surface area contributed by atoms with Crippen molar-refractivity contribution in [2.75, 3.05) is 14.2 Å². The zero-order chi connectivity index (χ0) is 19.6. The van der Waals surface area contributed by atoms with Crippen molar-refractivity contribution < 1.29 is 24.5 Å². The first-order valence-electron chi connectivity index (χ1n) is 8.94. The molecule has 0 heterocycles. The van der Waals surface area contributed by atoms with Crippen LogP contribution in [0.4, 0.5) is 0 Å². The smallest absolute Gasteiger partial charge is 0.160 e. The summed E-state index contributed by atoms with van der Waals surface area (Å²) in [5, 5.41) is 19.2. The highest BCUT2D eigenvalue weighted by atomic mass is 16.5. The molecule has 27 heavy (non-hydrogen) atoms. The standard InChI is InChI=1S/C22H26O5/c1-26-21-14-16(10-12-19(21)24)6-3-4-8-18(23)9-5-7-17-11-13-20(25)22(15-17)27-2/h4,8,10-15,24-25H,3,5-7,9H2,1-2H3/b8-4+. The molecule has 2 aromatic carbocycles. The van der Waals surface area contributed by atoms with Crippen LogP contribution < -0.4 is 9.47 Å². The Labute approximate surface area is 159 Å². The third-order valence-electron chi connectivity index (χ3n) is 4.28. The summed E-state index contributed by atoms with van der Waals surface area (Å²) in [6.07, 6.45) is 7.01. The Kier molecular flexibility index (Phi) is 7.74.